The van der Waals surface area contributed by atoms with Gasteiger partial charge in [-0.2, -0.15) is 5.10 Å². The number of hydrogen-bond acceptors (Lipinski definition) is 5. The van der Waals surface area contributed by atoms with Gasteiger partial charge in [-0.15, -0.1) is 0 Å². The first kappa shape index (κ1) is 25.9. The van der Waals surface area contributed by atoms with Gasteiger partial charge in [0.2, 0.25) is 5.91 Å². The Morgan fingerprint density at radius 2 is 1.76 bits per heavy atom. The zero-order valence-corrected chi connectivity index (χ0v) is 21.1. The molecule has 0 aliphatic carbocycles. The van der Waals surface area contributed by atoms with Gasteiger partial charge in [0.1, 0.15) is 22.8 Å². The molecule has 1 aliphatic rings. The number of nitrogens with zero attached hydrogens (tertiary/aromatic N) is 3. The summed E-state index contributed by atoms with van der Waals surface area (Å²) in [5.41, 5.74) is 0.902. The van der Waals surface area contributed by atoms with Gasteiger partial charge in [-0.05, 0) is 55.7 Å². The van der Waals surface area contributed by atoms with Gasteiger partial charge in [0.05, 0.1) is 13.2 Å². The van der Waals surface area contributed by atoms with Crippen molar-refractivity contribution >= 4 is 17.7 Å². The first-order chi connectivity index (χ1) is 17.7. The second-order valence-corrected chi connectivity index (χ2v) is 9.10. The van der Waals surface area contributed by atoms with Crippen molar-refractivity contribution in [2.75, 3.05) is 20.2 Å². The third kappa shape index (κ3) is 5.63. The molecule has 0 saturated carbocycles. The molecule has 2 heterocycles. The van der Waals surface area contributed by atoms with Gasteiger partial charge in [0.25, 0.3) is 11.8 Å². The highest BCUT2D eigenvalue weighted by Gasteiger charge is 2.46. The molecule has 1 atom stereocenters. The Morgan fingerprint density at radius 1 is 1.08 bits per heavy atom. The molecule has 0 fully saturated rings. The van der Waals surface area contributed by atoms with Crippen LogP contribution in [0.4, 0.5) is 4.39 Å². The number of ether oxygens (including phenoxy) is 1. The fourth-order valence-corrected chi connectivity index (χ4v) is 4.14. The third-order valence-corrected chi connectivity index (χ3v) is 6.52. The number of amides is 3. The average Bonchev–Trinajstić information content (AvgIpc) is 3.32. The van der Waals surface area contributed by atoms with Crippen LogP contribution in [0.2, 0.25) is 0 Å². The zero-order chi connectivity index (χ0) is 26.6. The minimum atomic E-state index is -1.22. The molecule has 4 rings (SSSR count). The molecule has 1 aromatic heterocycles. The Hall–Kier alpha value is -4.21. The van der Waals surface area contributed by atoms with Crippen LogP contribution >= 0.6 is 0 Å². The third-order valence-electron chi connectivity index (χ3n) is 6.52. The van der Waals surface area contributed by atoms with E-state index in [1.807, 2.05) is 31.2 Å². The summed E-state index contributed by atoms with van der Waals surface area (Å²) in [6.07, 6.45) is 0.625. The van der Waals surface area contributed by atoms with E-state index in [0.29, 0.717) is 19.6 Å². The number of halogens is 1. The molecule has 37 heavy (non-hydrogen) atoms. The largest absolute Gasteiger partial charge is 0.494 e. The van der Waals surface area contributed by atoms with Crippen LogP contribution in [0, 0.1) is 5.82 Å². The van der Waals surface area contributed by atoms with Gasteiger partial charge in [-0.1, -0.05) is 24.3 Å². The van der Waals surface area contributed by atoms with E-state index in [2.05, 4.69) is 15.7 Å². The molecule has 0 unspecified atom stereocenters. The molecule has 2 N–H and O–H groups in total. The maximum Gasteiger partial charge on any atom is 0.272 e. The van der Waals surface area contributed by atoms with Gasteiger partial charge < -0.3 is 20.3 Å². The van der Waals surface area contributed by atoms with E-state index in [1.54, 1.807) is 26.1 Å². The van der Waals surface area contributed by atoms with Gasteiger partial charge in [0.15, 0.2) is 5.69 Å². The van der Waals surface area contributed by atoms with Crippen LogP contribution < -0.4 is 15.4 Å². The summed E-state index contributed by atoms with van der Waals surface area (Å²) >= 11 is 0. The number of likely N-dealkylation sites (N-methyl/N-ethyl adjacent to an activating group) is 1. The molecule has 0 bridgehead atoms. The van der Waals surface area contributed by atoms with Crippen molar-refractivity contribution in [3.05, 3.63) is 82.9 Å². The lowest BCUT2D eigenvalue weighted by molar-refractivity contribution is -0.132. The Kier molecular flexibility index (Phi) is 7.56. The lowest BCUT2D eigenvalue weighted by Crippen LogP contribution is -2.62. The molecular formula is C27H30FN5O4. The molecule has 2 aromatic carbocycles. The summed E-state index contributed by atoms with van der Waals surface area (Å²) in [5, 5.41) is 9.96. The highest BCUT2D eigenvalue weighted by Crippen LogP contribution is 2.26. The monoisotopic (exact) mass is 507 g/mol. The Labute approximate surface area is 214 Å². The first-order valence-electron chi connectivity index (χ1n) is 12.1. The van der Waals surface area contributed by atoms with Crippen molar-refractivity contribution < 1.29 is 23.5 Å². The number of carbonyl (C=O) groups excluding carboxylic acids is 3. The van der Waals surface area contributed by atoms with Crippen molar-refractivity contribution in [2.45, 2.75) is 38.9 Å². The average molecular weight is 508 g/mol. The SMILES string of the molecule is CCOc1ccc(CCNC(=O)c2cc3n(n2)C[C@](C)(C(=O)NCc2ccc(F)cc2)N(C)C3=O)cc1. The highest BCUT2D eigenvalue weighted by molar-refractivity contribution is 6.01. The normalized spacial score (nSPS) is 16.8. The van der Waals surface area contributed by atoms with Crippen LogP contribution in [0.1, 0.15) is 46.0 Å². The lowest BCUT2D eigenvalue weighted by atomic mass is 9.96. The fourth-order valence-electron chi connectivity index (χ4n) is 4.14. The lowest BCUT2D eigenvalue weighted by Gasteiger charge is -2.40. The van der Waals surface area contributed by atoms with Crippen molar-refractivity contribution in [2.24, 2.45) is 0 Å². The van der Waals surface area contributed by atoms with Gasteiger partial charge in [0, 0.05) is 26.2 Å². The minimum Gasteiger partial charge on any atom is -0.494 e. The van der Waals surface area contributed by atoms with Crippen LogP contribution in [0.25, 0.3) is 0 Å². The molecule has 3 aromatic rings. The van der Waals surface area contributed by atoms with Crippen LogP contribution in [0.3, 0.4) is 0 Å². The van der Waals surface area contributed by atoms with Gasteiger partial charge in [-0.25, -0.2) is 4.39 Å². The van der Waals surface area contributed by atoms with Crippen LogP contribution in [0.15, 0.2) is 54.6 Å². The topological polar surface area (TPSA) is 106 Å². The van der Waals surface area contributed by atoms with Crippen LogP contribution in [0.5, 0.6) is 5.75 Å². The second-order valence-electron chi connectivity index (χ2n) is 9.10. The number of hydrogen-bond donors (Lipinski definition) is 2. The van der Waals surface area contributed by atoms with Crippen molar-refractivity contribution in [3.8, 4) is 5.75 Å². The van der Waals surface area contributed by atoms with Gasteiger partial charge in [-0.3, -0.25) is 19.1 Å². The summed E-state index contributed by atoms with van der Waals surface area (Å²) in [6, 6.07) is 14.9. The Balaban J connectivity index is 1.38. The van der Waals surface area contributed by atoms with Crippen molar-refractivity contribution in [1.29, 1.82) is 0 Å². The number of nitrogens with one attached hydrogen (secondary N) is 2. The molecule has 194 valence electrons. The van der Waals surface area contributed by atoms with E-state index in [-0.39, 0.29) is 36.2 Å². The summed E-state index contributed by atoms with van der Waals surface area (Å²) < 4.78 is 20.0. The summed E-state index contributed by atoms with van der Waals surface area (Å²) in [7, 11) is 1.55. The number of rotatable bonds is 9. The van der Waals surface area contributed by atoms with E-state index in [0.717, 1.165) is 16.9 Å². The molecule has 9 nitrogen and oxygen atoms in total. The molecule has 10 heteroatoms. The molecule has 1 aliphatic heterocycles. The first-order valence-corrected chi connectivity index (χ1v) is 12.1. The van der Waals surface area contributed by atoms with Crippen LogP contribution in [-0.2, 0) is 24.3 Å². The number of fused-ring (bicyclic) bond motifs is 1. The predicted molar refractivity (Wildman–Crippen MR) is 135 cm³/mol. The smallest absolute Gasteiger partial charge is 0.272 e. The number of benzene rings is 2. The number of carbonyl (C=O) groups is 3. The Morgan fingerprint density at radius 3 is 2.43 bits per heavy atom. The summed E-state index contributed by atoms with van der Waals surface area (Å²) in [4.78, 5) is 40.2. The molecular weight excluding hydrogens is 477 g/mol. The quantitative estimate of drug-likeness (QED) is 0.463. The molecule has 0 saturated heterocycles. The molecule has 0 radical (unpaired) electrons. The summed E-state index contributed by atoms with van der Waals surface area (Å²) in [6.45, 7) is 4.83. The summed E-state index contributed by atoms with van der Waals surface area (Å²) in [5.74, 6) is -0.751. The van der Waals surface area contributed by atoms with E-state index in [4.69, 9.17) is 4.74 Å². The van der Waals surface area contributed by atoms with Gasteiger partial charge >= 0.3 is 0 Å². The number of aromatic nitrogens is 2. The maximum atomic E-state index is 13.1. The molecule has 0 spiro atoms. The van der Waals surface area contributed by atoms with E-state index < -0.39 is 17.4 Å². The fraction of sp³-hybridized carbons (Fsp3) is 0.333. The van der Waals surface area contributed by atoms with E-state index >= 15 is 0 Å². The maximum absolute atomic E-state index is 13.1. The van der Waals surface area contributed by atoms with Crippen LogP contribution in [-0.4, -0.2) is 58.1 Å². The standard InChI is InChI=1S/C27H30FN5O4/c1-4-37-21-11-7-18(8-12-21)13-14-29-24(34)22-15-23-25(35)32(3)27(2,17-33(23)31-22)26(36)30-16-19-5-9-20(28)10-6-19/h5-12,15H,4,13-14,16-17H2,1-3H3,(H,29,34)(H,30,36)/t27-/m1/s1. The zero-order valence-electron chi connectivity index (χ0n) is 21.1. The van der Waals surface area contributed by atoms with E-state index in [1.165, 1.54) is 27.8 Å². The molecule has 3 amide bonds. The van der Waals surface area contributed by atoms with Crippen molar-refractivity contribution in [1.82, 2.24) is 25.3 Å². The van der Waals surface area contributed by atoms with E-state index in [9.17, 15) is 18.8 Å². The minimum absolute atomic E-state index is 0.0826. The van der Waals surface area contributed by atoms with Crippen molar-refractivity contribution in [3.63, 3.8) is 0 Å². The second kappa shape index (κ2) is 10.8. The Bertz CT molecular complexity index is 1290. The highest BCUT2D eigenvalue weighted by atomic mass is 19.1. The predicted octanol–water partition coefficient (Wildman–Crippen LogP) is 2.55.